The Hall–Kier alpha value is -7.29. The summed E-state index contributed by atoms with van der Waals surface area (Å²) in [4.78, 5) is 5.12. The summed E-state index contributed by atoms with van der Waals surface area (Å²) in [6.07, 6.45) is 0. The first-order valence-corrected chi connectivity index (χ1v) is 19.1. The molecule has 264 valence electrons. The van der Waals surface area contributed by atoms with Crippen molar-refractivity contribution < 1.29 is 4.74 Å². The number of nitrogens with zero attached hydrogens (tertiary/aromatic N) is 1. The molecule has 0 aliphatic carbocycles. The van der Waals surface area contributed by atoms with Gasteiger partial charge in [-0.3, -0.25) is 0 Å². The lowest BCUT2D eigenvalue weighted by molar-refractivity contribution is 0.471. The molecular weight excluding hydrogens is 679 g/mol. The second-order valence-electron chi connectivity index (χ2n) is 14.4. The van der Waals surface area contributed by atoms with E-state index in [-0.39, 0.29) is 0 Å². The molecule has 0 spiro atoms. The number of hydrogen-bond acceptors (Lipinski definition) is 2. The molecule has 0 bridgehead atoms. The van der Waals surface area contributed by atoms with E-state index in [1.54, 1.807) is 0 Å². The summed E-state index contributed by atoms with van der Waals surface area (Å²) in [5, 5.41) is 7.69. The van der Waals surface area contributed by atoms with Crippen LogP contribution in [0.1, 0.15) is 23.6 Å². The van der Waals surface area contributed by atoms with Gasteiger partial charge in [0.05, 0.1) is 5.70 Å². The monoisotopic (exact) mass is 715 g/mol. The van der Waals surface area contributed by atoms with Gasteiger partial charge in [-0.2, -0.15) is 0 Å². The van der Waals surface area contributed by atoms with Crippen LogP contribution in [0, 0.1) is 0 Å². The van der Waals surface area contributed by atoms with Gasteiger partial charge in [0.2, 0.25) is 0 Å². The molecule has 56 heavy (non-hydrogen) atoms. The SMILES string of the molecule is C=C(N=C1/C(=C(\C)c2ccc(-c3ccccc3)cc2)Oc2cc(-c3ccc(-c4ccc5c6ccccc6c6ccccc6c5c4)cc3)ccc21)c1ccccc1. The van der Waals surface area contributed by atoms with Crippen LogP contribution >= 0.6 is 0 Å². The molecule has 1 aliphatic heterocycles. The van der Waals surface area contributed by atoms with Gasteiger partial charge in [-0.25, -0.2) is 4.99 Å². The summed E-state index contributed by atoms with van der Waals surface area (Å²) in [5.74, 6) is 1.53. The maximum atomic E-state index is 6.76. The largest absolute Gasteiger partial charge is 0.454 e. The average Bonchev–Trinajstić information content (AvgIpc) is 3.63. The van der Waals surface area contributed by atoms with Gasteiger partial charge in [-0.1, -0.05) is 183 Å². The van der Waals surface area contributed by atoms with Gasteiger partial charge in [-0.05, 0) is 102 Å². The third-order valence-corrected chi connectivity index (χ3v) is 11.1. The van der Waals surface area contributed by atoms with Crippen molar-refractivity contribution in [1.82, 2.24) is 0 Å². The molecule has 0 N–H and O–H groups in total. The van der Waals surface area contributed by atoms with E-state index in [9.17, 15) is 0 Å². The summed E-state index contributed by atoms with van der Waals surface area (Å²) in [7, 11) is 0. The smallest absolute Gasteiger partial charge is 0.157 e. The maximum absolute atomic E-state index is 6.76. The van der Waals surface area contributed by atoms with E-state index in [1.165, 1.54) is 54.6 Å². The predicted octanol–water partition coefficient (Wildman–Crippen LogP) is 14.4. The lowest BCUT2D eigenvalue weighted by Crippen LogP contribution is -2.04. The van der Waals surface area contributed by atoms with Gasteiger partial charge in [0.1, 0.15) is 11.5 Å². The van der Waals surface area contributed by atoms with E-state index in [2.05, 4.69) is 171 Å². The topological polar surface area (TPSA) is 21.6 Å². The zero-order chi connectivity index (χ0) is 37.6. The van der Waals surface area contributed by atoms with Crippen LogP contribution in [0.25, 0.3) is 77.0 Å². The molecule has 0 radical (unpaired) electrons. The summed E-state index contributed by atoms with van der Waals surface area (Å²) in [6.45, 7) is 6.46. The van der Waals surface area contributed by atoms with Gasteiger partial charge < -0.3 is 4.74 Å². The van der Waals surface area contributed by atoms with E-state index in [0.29, 0.717) is 5.70 Å². The number of aliphatic imine (C=N–C) groups is 1. The number of hydrogen-bond donors (Lipinski definition) is 0. The quantitative estimate of drug-likeness (QED) is 0.157. The Balaban J connectivity index is 1.00. The number of ether oxygens (including phenoxy) is 1. The zero-order valence-electron chi connectivity index (χ0n) is 31.0. The highest BCUT2D eigenvalue weighted by molar-refractivity contribution is 6.26. The van der Waals surface area contributed by atoms with Gasteiger partial charge in [0, 0.05) is 11.1 Å². The third-order valence-electron chi connectivity index (χ3n) is 11.1. The molecule has 10 rings (SSSR count). The lowest BCUT2D eigenvalue weighted by Gasteiger charge is -2.12. The van der Waals surface area contributed by atoms with Crippen molar-refractivity contribution in [3.05, 3.63) is 223 Å². The van der Waals surface area contributed by atoms with Crippen molar-refractivity contribution in [2.45, 2.75) is 6.92 Å². The Kier molecular flexibility index (Phi) is 8.23. The molecule has 0 amide bonds. The molecule has 0 atom stereocenters. The van der Waals surface area contributed by atoms with Crippen molar-refractivity contribution in [2.24, 2.45) is 4.99 Å². The third kappa shape index (κ3) is 5.89. The summed E-state index contributed by atoms with van der Waals surface area (Å²) in [5.41, 5.74) is 12.4. The number of rotatable bonds is 6. The van der Waals surface area contributed by atoms with E-state index in [0.717, 1.165) is 50.6 Å². The molecule has 0 unspecified atom stereocenters. The minimum absolute atomic E-state index is 0.691. The van der Waals surface area contributed by atoms with Crippen molar-refractivity contribution >= 4 is 49.3 Å². The first kappa shape index (κ1) is 33.3. The first-order chi connectivity index (χ1) is 27.6. The summed E-state index contributed by atoms with van der Waals surface area (Å²) in [6, 6.07) is 68.8. The molecule has 2 heteroatoms. The van der Waals surface area contributed by atoms with Crippen molar-refractivity contribution in [3.63, 3.8) is 0 Å². The maximum Gasteiger partial charge on any atom is 0.157 e. The normalized spacial score (nSPS) is 13.9. The second-order valence-corrected chi connectivity index (χ2v) is 14.4. The molecule has 0 saturated carbocycles. The van der Waals surface area contributed by atoms with Gasteiger partial charge in [-0.15, -0.1) is 0 Å². The Morgan fingerprint density at radius 2 is 0.857 bits per heavy atom. The predicted molar refractivity (Wildman–Crippen MR) is 237 cm³/mol. The van der Waals surface area contributed by atoms with E-state index < -0.39 is 0 Å². The molecule has 9 aromatic carbocycles. The fraction of sp³-hybridized carbons (Fsp3) is 0.0185. The molecule has 2 nitrogen and oxygen atoms in total. The zero-order valence-corrected chi connectivity index (χ0v) is 31.0. The van der Waals surface area contributed by atoms with Crippen molar-refractivity contribution in [3.8, 4) is 39.1 Å². The van der Waals surface area contributed by atoms with Crippen LogP contribution in [0.4, 0.5) is 0 Å². The van der Waals surface area contributed by atoms with E-state index >= 15 is 0 Å². The number of fused-ring (bicyclic) bond motifs is 7. The van der Waals surface area contributed by atoms with Crippen LogP contribution < -0.4 is 4.74 Å². The van der Waals surface area contributed by atoms with Crippen LogP contribution in [0.15, 0.2) is 211 Å². The number of benzene rings is 9. The van der Waals surface area contributed by atoms with Crippen molar-refractivity contribution in [1.29, 1.82) is 0 Å². The second kappa shape index (κ2) is 13.8. The Labute approximate surface area is 327 Å². The molecular formula is C54H37NO. The average molecular weight is 716 g/mol. The molecule has 1 aliphatic rings. The Bertz CT molecular complexity index is 2990. The van der Waals surface area contributed by atoms with Crippen LogP contribution in [0.5, 0.6) is 5.75 Å². The lowest BCUT2D eigenvalue weighted by atomic mass is 9.91. The highest BCUT2D eigenvalue weighted by Gasteiger charge is 2.28. The van der Waals surface area contributed by atoms with Crippen LogP contribution in [-0.2, 0) is 0 Å². The molecule has 0 fully saturated rings. The Morgan fingerprint density at radius 3 is 1.48 bits per heavy atom. The highest BCUT2D eigenvalue weighted by Crippen LogP contribution is 2.41. The first-order valence-electron chi connectivity index (χ1n) is 19.1. The molecule has 0 saturated heterocycles. The van der Waals surface area contributed by atoms with Gasteiger partial charge in [0.15, 0.2) is 5.76 Å². The standard InChI is InChI=1S/C54H37NO/c1-35(37-21-23-40(24-22-37)39-15-7-4-8-16-39)54-53(55-36(2)38-13-5-3-6-14-38)50-32-30-44(34-52(50)56-54)42-27-25-41(26-28-42)43-29-31-49-47-19-10-9-17-45(47)46-18-11-12-20-48(46)51(49)33-43/h3-34H,2H2,1H3/b54-35-,55-53?. The molecule has 0 aromatic heterocycles. The summed E-state index contributed by atoms with van der Waals surface area (Å²) >= 11 is 0. The molecule has 9 aromatic rings. The minimum Gasteiger partial charge on any atom is -0.454 e. The number of allylic oxidation sites excluding steroid dienone is 2. The fourth-order valence-electron chi connectivity index (χ4n) is 8.07. The highest BCUT2D eigenvalue weighted by atomic mass is 16.5. The van der Waals surface area contributed by atoms with Crippen LogP contribution in [0.3, 0.4) is 0 Å². The van der Waals surface area contributed by atoms with E-state index in [1.807, 2.05) is 36.4 Å². The summed E-state index contributed by atoms with van der Waals surface area (Å²) < 4.78 is 6.76. The van der Waals surface area contributed by atoms with Crippen LogP contribution in [0.2, 0.25) is 0 Å². The van der Waals surface area contributed by atoms with Crippen LogP contribution in [-0.4, -0.2) is 5.71 Å². The van der Waals surface area contributed by atoms with E-state index in [4.69, 9.17) is 9.73 Å². The fourth-order valence-corrected chi connectivity index (χ4v) is 8.07. The van der Waals surface area contributed by atoms with Gasteiger partial charge in [0.25, 0.3) is 0 Å². The molecule has 1 heterocycles. The Morgan fingerprint density at radius 1 is 0.411 bits per heavy atom. The van der Waals surface area contributed by atoms with Crippen molar-refractivity contribution in [2.75, 3.05) is 0 Å². The minimum atomic E-state index is 0.691. The van der Waals surface area contributed by atoms with Gasteiger partial charge >= 0.3 is 0 Å².